The van der Waals surface area contributed by atoms with Gasteiger partial charge in [-0.1, -0.05) is 18.2 Å². The van der Waals surface area contributed by atoms with Crippen LogP contribution < -0.4 is 4.74 Å². The van der Waals surface area contributed by atoms with Crippen LogP contribution in [0.5, 0.6) is 11.5 Å². The maximum atomic E-state index is 13.0. The van der Waals surface area contributed by atoms with E-state index in [1.807, 2.05) is 6.07 Å². The van der Waals surface area contributed by atoms with Crippen LogP contribution in [-0.2, 0) is 6.61 Å². The lowest BCUT2D eigenvalue weighted by Crippen LogP contribution is -1.93. The molecule has 2 aromatic carbocycles. The molecule has 3 rings (SSSR count). The average molecular weight is 258 g/mol. The summed E-state index contributed by atoms with van der Waals surface area (Å²) >= 11 is 0. The summed E-state index contributed by atoms with van der Waals surface area (Å²) in [4.78, 5) is 0. The summed E-state index contributed by atoms with van der Waals surface area (Å²) < 4.78 is 23.9. The Morgan fingerprint density at radius 3 is 2.74 bits per heavy atom. The summed E-state index contributed by atoms with van der Waals surface area (Å²) in [5.41, 5.74) is 0.431. The van der Waals surface area contributed by atoms with Gasteiger partial charge in [-0.2, -0.15) is 0 Å². The minimum atomic E-state index is -0.347. The van der Waals surface area contributed by atoms with Crippen molar-refractivity contribution in [2.45, 2.75) is 6.61 Å². The second-order valence-corrected chi connectivity index (χ2v) is 4.15. The zero-order chi connectivity index (χ0) is 13.2. The third-order valence-corrected chi connectivity index (χ3v) is 2.75. The number of halogens is 1. The number of furan rings is 1. The van der Waals surface area contributed by atoms with Crippen molar-refractivity contribution < 1.29 is 18.7 Å². The Morgan fingerprint density at radius 2 is 1.95 bits per heavy atom. The van der Waals surface area contributed by atoms with Gasteiger partial charge in [-0.15, -0.1) is 0 Å². The summed E-state index contributed by atoms with van der Waals surface area (Å²) in [6.07, 6.45) is 0. The lowest BCUT2D eigenvalue weighted by atomic mass is 10.2. The van der Waals surface area contributed by atoms with Crippen molar-refractivity contribution in [3.8, 4) is 11.5 Å². The molecular formula is C15H11FO3. The van der Waals surface area contributed by atoms with Gasteiger partial charge in [-0.3, -0.25) is 0 Å². The van der Waals surface area contributed by atoms with Gasteiger partial charge < -0.3 is 14.3 Å². The minimum Gasteiger partial charge on any atom is -0.504 e. The molecular weight excluding hydrogens is 247 g/mol. The number of hydrogen-bond acceptors (Lipinski definition) is 3. The van der Waals surface area contributed by atoms with Crippen molar-refractivity contribution in [1.82, 2.24) is 0 Å². The Labute approximate surface area is 108 Å². The first-order chi connectivity index (χ1) is 9.22. The molecule has 19 heavy (non-hydrogen) atoms. The number of benzene rings is 2. The summed E-state index contributed by atoms with van der Waals surface area (Å²) in [5, 5.41) is 10.4. The van der Waals surface area contributed by atoms with Crippen LogP contribution in [0.25, 0.3) is 11.0 Å². The number of fused-ring (bicyclic) bond motifs is 1. The van der Waals surface area contributed by atoms with Crippen LogP contribution in [0, 0.1) is 5.82 Å². The number of hydrogen-bond donors (Lipinski definition) is 1. The predicted molar refractivity (Wildman–Crippen MR) is 68.6 cm³/mol. The van der Waals surface area contributed by atoms with Gasteiger partial charge in [0.15, 0.2) is 11.3 Å². The third-order valence-electron chi connectivity index (χ3n) is 2.75. The van der Waals surface area contributed by atoms with E-state index in [-0.39, 0.29) is 18.2 Å². The van der Waals surface area contributed by atoms with Gasteiger partial charge in [0.2, 0.25) is 0 Å². The first-order valence-corrected chi connectivity index (χ1v) is 5.81. The van der Waals surface area contributed by atoms with Crippen molar-refractivity contribution in [3.05, 3.63) is 60.1 Å². The molecule has 0 amide bonds. The Balaban J connectivity index is 1.80. The number of rotatable bonds is 3. The molecule has 0 aliphatic heterocycles. The van der Waals surface area contributed by atoms with Gasteiger partial charge in [0.1, 0.15) is 23.9 Å². The van der Waals surface area contributed by atoms with Crippen LogP contribution in [0.1, 0.15) is 5.76 Å². The number of aromatic hydroxyl groups is 1. The molecule has 0 aliphatic carbocycles. The van der Waals surface area contributed by atoms with Crippen molar-refractivity contribution in [2.24, 2.45) is 0 Å². The molecule has 0 unspecified atom stereocenters. The van der Waals surface area contributed by atoms with E-state index >= 15 is 0 Å². The highest BCUT2D eigenvalue weighted by molar-refractivity contribution is 5.83. The summed E-state index contributed by atoms with van der Waals surface area (Å²) in [5.74, 6) is 0.750. The molecule has 1 heterocycles. The fraction of sp³-hybridized carbons (Fsp3) is 0.0667. The lowest BCUT2D eigenvalue weighted by Gasteiger charge is -2.03. The number of ether oxygens (including phenoxy) is 1. The second-order valence-electron chi connectivity index (χ2n) is 4.15. The van der Waals surface area contributed by atoms with E-state index in [0.29, 0.717) is 17.1 Å². The van der Waals surface area contributed by atoms with Crippen LogP contribution in [0.2, 0.25) is 0 Å². The molecule has 0 aliphatic rings. The van der Waals surface area contributed by atoms with Crippen molar-refractivity contribution in [3.63, 3.8) is 0 Å². The summed E-state index contributed by atoms with van der Waals surface area (Å²) in [6.45, 7) is 0.178. The summed E-state index contributed by atoms with van der Waals surface area (Å²) in [7, 11) is 0. The van der Waals surface area contributed by atoms with Gasteiger partial charge >= 0.3 is 0 Å². The van der Waals surface area contributed by atoms with Gasteiger partial charge in [0, 0.05) is 11.5 Å². The zero-order valence-corrected chi connectivity index (χ0v) is 9.97. The molecule has 1 aromatic heterocycles. The Kier molecular flexibility index (Phi) is 2.83. The Morgan fingerprint density at radius 1 is 1.11 bits per heavy atom. The van der Waals surface area contributed by atoms with Crippen LogP contribution in [0.4, 0.5) is 4.39 Å². The fourth-order valence-corrected chi connectivity index (χ4v) is 1.88. The Hall–Kier alpha value is -2.49. The van der Waals surface area contributed by atoms with E-state index in [0.717, 1.165) is 5.39 Å². The molecule has 0 fully saturated rings. The van der Waals surface area contributed by atoms with Crippen molar-refractivity contribution in [2.75, 3.05) is 0 Å². The molecule has 1 N–H and O–H groups in total. The fourth-order valence-electron chi connectivity index (χ4n) is 1.88. The van der Waals surface area contributed by atoms with Crippen molar-refractivity contribution in [1.29, 1.82) is 0 Å². The molecule has 0 atom stereocenters. The number of phenols is 1. The highest BCUT2D eigenvalue weighted by atomic mass is 19.1. The standard InChI is InChI=1S/C15H11FO3/c16-11-4-2-5-12(8-11)18-9-13-7-10-3-1-6-14(17)15(10)19-13/h1-8,17H,9H2. The van der Waals surface area contributed by atoms with Gasteiger partial charge in [-0.05, 0) is 24.3 Å². The quantitative estimate of drug-likeness (QED) is 0.775. The second kappa shape index (κ2) is 4.65. The Bertz CT molecular complexity index is 718. The zero-order valence-electron chi connectivity index (χ0n) is 9.97. The monoisotopic (exact) mass is 258 g/mol. The smallest absolute Gasteiger partial charge is 0.176 e. The maximum absolute atomic E-state index is 13.0. The molecule has 3 aromatic rings. The van der Waals surface area contributed by atoms with Gasteiger partial charge in [-0.25, -0.2) is 4.39 Å². The molecule has 96 valence electrons. The first-order valence-electron chi connectivity index (χ1n) is 5.81. The van der Waals surface area contributed by atoms with Crippen LogP contribution in [0.3, 0.4) is 0 Å². The first kappa shape index (κ1) is 11.6. The topological polar surface area (TPSA) is 42.6 Å². The minimum absolute atomic E-state index is 0.0921. The van der Waals surface area contributed by atoms with Crippen molar-refractivity contribution >= 4 is 11.0 Å². The van der Waals surface area contributed by atoms with Gasteiger partial charge in [0.05, 0.1) is 0 Å². The molecule has 0 saturated carbocycles. The maximum Gasteiger partial charge on any atom is 0.176 e. The molecule has 0 bridgehead atoms. The highest BCUT2D eigenvalue weighted by Gasteiger charge is 2.08. The lowest BCUT2D eigenvalue weighted by molar-refractivity contribution is 0.272. The third kappa shape index (κ3) is 2.38. The molecule has 3 nitrogen and oxygen atoms in total. The largest absolute Gasteiger partial charge is 0.504 e. The number of phenolic OH excluding ortho intramolecular Hbond substituents is 1. The normalized spacial score (nSPS) is 10.8. The van der Waals surface area contributed by atoms with E-state index in [1.165, 1.54) is 12.1 Å². The van der Waals surface area contributed by atoms with E-state index in [1.54, 1.807) is 30.3 Å². The SMILES string of the molecule is Oc1cccc2cc(COc3cccc(F)c3)oc12. The summed E-state index contributed by atoms with van der Waals surface area (Å²) in [6, 6.07) is 12.8. The van der Waals surface area contributed by atoms with E-state index in [2.05, 4.69) is 0 Å². The van der Waals surface area contributed by atoms with E-state index in [4.69, 9.17) is 9.15 Å². The molecule has 4 heteroatoms. The van der Waals surface area contributed by atoms with Crippen LogP contribution in [0.15, 0.2) is 52.9 Å². The highest BCUT2D eigenvalue weighted by Crippen LogP contribution is 2.28. The molecule has 0 saturated heterocycles. The van der Waals surface area contributed by atoms with E-state index in [9.17, 15) is 9.50 Å². The number of para-hydroxylation sites is 1. The van der Waals surface area contributed by atoms with E-state index < -0.39 is 0 Å². The molecule has 0 spiro atoms. The van der Waals surface area contributed by atoms with Crippen LogP contribution in [-0.4, -0.2) is 5.11 Å². The van der Waals surface area contributed by atoms with Gasteiger partial charge in [0.25, 0.3) is 0 Å². The predicted octanol–water partition coefficient (Wildman–Crippen LogP) is 3.86. The molecule has 0 radical (unpaired) electrons. The average Bonchev–Trinajstić information content (AvgIpc) is 2.81. The van der Waals surface area contributed by atoms with Crippen LogP contribution >= 0.6 is 0 Å².